The van der Waals surface area contributed by atoms with Crippen LogP contribution >= 0.6 is 7.82 Å². The Morgan fingerprint density at radius 2 is 1.92 bits per heavy atom. The van der Waals surface area contributed by atoms with E-state index in [9.17, 15) is 4.57 Å². The summed E-state index contributed by atoms with van der Waals surface area (Å²) in [6.07, 6.45) is -1.24. The van der Waals surface area contributed by atoms with Crippen LogP contribution in [0.15, 0.2) is 0 Å². The summed E-state index contributed by atoms with van der Waals surface area (Å²) in [4.78, 5) is 16.1. The van der Waals surface area contributed by atoms with Crippen molar-refractivity contribution in [2.24, 2.45) is 0 Å². The fraction of sp³-hybridized carbons (Fsp3) is 1.00. The molecule has 1 atom stereocenters. The minimum atomic E-state index is -4.50. The van der Waals surface area contributed by atoms with Crippen LogP contribution in [0.5, 0.6) is 0 Å². The van der Waals surface area contributed by atoms with Gasteiger partial charge in [0.2, 0.25) is 0 Å². The monoisotopic (exact) mass is 196 g/mol. The second kappa shape index (κ2) is 8.24. The maximum absolute atomic E-state index is 9.93. The van der Waals surface area contributed by atoms with Crippen LogP contribution in [0, 0.1) is 0 Å². The van der Waals surface area contributed by atoms with E-state index in [1.54, 1.807) is 0 Å². The third kappa shape index (κ3) is 13.2. The fourth-order valence-electron chi connectivity index (χ4n) is 0.236. The molecule has 0 radical (unpaired) electrons. The Morgan fingerprint density at radius 1 is 1.50 bits per heavy atom. The summed E-state index contributed by atoms with van der Waals surface area (Å²) in [6.45, 7) is -1.15. The molecule has 0 saturated carbocycles. The van der Waals surface area contributed by atoms with Gasteiger partial charge in [-0.25, -0.2) is 4.57 Å². The normalized spacial score (nSPS) is 12.7. The van der Waals surface area contributed by atoms with Crippen LogP contribution in [0.25, 0.3) is 0 Å². The molecule has 0 bridgehead atoms. The van der Waals surface area contributed by atoms with Gasteiger partial charge in [0, 0.05) is 0 Å². The minimum Gasteiger partial charge on any atom is -1.00 e. The SMILES string of the molecule is C.O=P(O)(O)OC[C@H](O)CO.[H-].[Li+]. The average Bonchev–Trinajstić information content (AvgIpc) is 1.81. The van der Waals surface area contributed by atoms with E-state index in [1.165, 1.54) is 0 Å². The van der Waals surface area contributed by atoms with Crippen molar-refractivity contribution < 1.29 is 49.4 Å². The molecule has 8 heteroatoms. The topological polar surface area (TPSA) is 107 Å². The molecule has 4 N–H and O–H groups in total. The van der Waals surface area contributed by atoms with Gasteiger partial charge in [-0.3, -0.25) is 4.52 Å². The van der Waals surface area contributed by atoms with E-state index in [4.69, 9.17) is 20.0 Å². The van der Waals surface area contributed by atoms with Crippen molar-refractivity contribution in [2.45, 2.75) is 13.5 Å². The Bertz CT molecular complexity index is 141. The Balaban J connectivity index is -0.000000135. The second-order valence-electron chi connectivity index (χ2n) is 1.62. The first-order valence-corrected chi connectivity index (χ1v) is 3.98. The van der Waals surface area contributed by atoms with Gasteiger partial charge in [0.15, 0.2) is 0 Å². The minimum absolute atomic E-state index is 0. The molecule has 0 rings (SSSR count). The first-order chi connectivity index (χ1) is 4.45. The van der Waals surface area contributed by atoms with Crippen LogP contribution in [0.3, 0.4) is 0 Å². The Hall–Kier alpha value is 0.627. The van der Waals surface area contributed by atoms with Crippen molar-refractivity contribution in [3.05, 3.63) is 0 Å². The van der Waals surface area contributed by atoms with Gasteiger partial charge < -0.3 is 21.4 Å². The molecule has 72 valence electrons. The van der Waals surface area contributed by atoms with Crippen LogP contribution in [0.4, 0.5) is 0 Å². The van der Waals surface area contributed by atoms with E-state index in [0.29, 0.717) is 0 Å². The van der Waals surface area contributed by atoms with Crippen molar-refractivity contribution >= 4 is 7.82 Å². The van der Waals surface area contributed by atoms with Gasteiger partial charge >= 0.3 is 26.7 Å². The molecule has 12 heavy (non-hydrogen) atoms. The summed E-state index contributed by atoms with van der Waals surface area (Å²) in [5.41, 5.74) is 0. The molecular formula is C4H14LiO6P. The number of hydrogen-bond acceptors (Lipinski definition) is 4. The molecule has 0 fully saturated rings. The largest absolute Gasteiger partial charge is 1.00 e. The van der Waals surface area contributed by atoms with Crippen molar-refractivity contribution in [3.8, 4) is 0 Å². The predicted octanol–water partition coefficient (Wildman–Crippen LogP) is -3.80. The molecule has 6 nitrogen and oxygen atoms in total. The third-order valence-electron chi connectivity index (χ3n) is 0.646. The Labute approximate surface area is 84.5 Å². The molecule has 0 heterocycles. The molecule has 0 unspecified atom stereocenters. The van der Waals surface area contributed by atoms with Crippen LogP contribution in [0.2, 0.25) is 0 Å². The van der Waals surface area contributed by atoms with E-state index < -0.39 is 27.1 Å². The van der Waals surface area contributed by atoms with Crippen LogP contribution in [-0.2, 0) is 9.09 Å². The quantitative estimate of drug-likeness (QED) is 0.271. The van der Waals surface area contributed by atoms with Crippen molar-refractivity contribution in [3.63, 3.8) is 0 Å². The molecule has 0 aromatic heterocycles. The third-order valence-corrected chi connectivity index (χ3v) is 1.13. The van der Waals surface area contributed by atoms with Crippen LogP contribution in [0.1, 0.15) is 8.85 Å². The maximum atomic E-state index is 9.93. The number of hydrogen-bond donors (Lipinski definition) is 4. The fourth-order valence-corrected chi connectivity index (χ4v) is 0.602. The predicted molar refractivity (Wildman–Crippen MR) is 38.9 cm³/mol. The zero-order valence-electron chi connectivity index (χ0n) is 7.04. The van der Waals surface area contributed by atoms with Crippen molar-refractivity contribution in [1.29, 1.82) is 0 Å². The van der Waals surface area contributed by atoms with Crippen molar-refractivity contribution in [2.75, 3.05) is 13.2 Å². The van der Waals surface area contributed by atoms with Gasteiger partial charge in [-0.2, -0.15) is 0 Å². The molecular weight excluding hydrogens is 182 g/mol. The first kappa shape index (κ1) is 18.4. The van der Waals surface area contributed by atoms with Gasteiger partial charge in [0.25, 0.3) is 0 Å². The van der Waals surface area contributed by atoms with E-state index in [1.807, 2.05) is 0 Å². The smallest absolute Gasteiger partial charge is 1.00 e. The van der Waals surface area contributed by atoms with Gasteiger partial charge in [-0.05, 0) is 0 Å². The average molecular weight is 196 g/mol. The summed E-state index contributed by atoms with van der Waals surface area (Å²) >= 11 is 0. The van der Waals surface area contributed by atoms with Gasteiger partial charge in [0.1, 0.15) is 6.10 Å². The molecule has 0 aromatic carbocycles. The second-order valence-corrected chi connectivity index (χ2v) is 2.86. The molecule has 0 saturated heterocycles. The van der Waals surface area contributed by atoms with Crippen molar-refractivity contribution in [1.82, 2.24) is 0 Å². The number of rotatable bonds is 4. The number of aliphatic hydroxyl groups is 2. The summed E-state index contributed by atoms with van der Waals surface area (Å²) in [5, 5.41) is 16.7. The Kier molecular flexibility index (Phi) is 12.6. The Morgan fingerprint density at radius 3 is 2.17 bits per heavy atom. The molecule has 0 spiro atoms. The van der Waals surface area contributed by atoms with E-state index in [2.05, 4.69) is 4.52 Å². The van der Waals surface area contributed by atoms with Crippen LogP contribution < -0.4 is 18.9 Å². The van der Waals surface area contributed by atoms with E-state index in [0.717, 1.165) is 0 Å². The van der Waals surface area contributed by atoms with E-state index in [-0.39, 0.29) is 27.7 Å². The molecule has 0 aliphatic carbocycles. The van der Waals surface area contributed by atoms with Crippen LogP contribution in [-0.4, -0.2) is 39.3 Å². The molecule has 0 aromatic rings. The molecule has 0 aliphatic heterocycles. The summed E-state index contributed by atoms with van der Waals surface area (Å²) in [6, 6.07) is 0. The summed E-state index contributed by atoms with van der Waals surface area (Å²) in [7, 11) is -4.50. The zero-order chi connectivity index (χ0) is 8.20. The van der Waals surface area contributed by atoms with Gasteiger partial charge in [0.05, 0.1) is 13.2 Å². The number of phosphoric acid groups is 1. The van der Waals surface area contributed by atoms with Gasteiger partial charge in [-0.1, -0.05) is 7.43 Å². The first-order valence-electron chi connectivity index (χ1n) is 2.44. The number of phosphoric ester groups is 1. The summed E-state index contributed by atoms with van der Waals surface area (Å²) < 4.78 is 13.8. The van der Waals surface area contributed by atoms with E-state index >= 15 is 0 Å². The maximum Gasteiger partial charge on any atom is 1.00 e. The zero-order valence-corrected chi connectivity index (χ0v) is 6.94. The molecule has 0 amide bonds. The van der Waals surface area contributed by atoms with Gasteiger partial charge in [-0.15, -0.1) is 0 Å². The number of aliphatic hydroxyl groups excluding tert-OH is 2. The molecule has 0 aliphatic rings. The standard InChI is InChI=1S/C3H9O6P.CH4.Li.H/c4-1-3(5)2-9-10(6,7)8;;;/h3-5H,1-2H2,(H2,6,7,8);1H4;;/q;;+1;-1/t3-;;;/m1.../s1. The summed E-state index contributed by atoms with van der Waals surface area (Å²) in [5.74, 6) is 0.